The molecule has 0 bridgehead atoms. The van der Waals surface area contributed by atoms with Crippen LogP contribution in [0.15, 0.2) is 5.38 Å². The Morgan fingerprint density at radius 1 is 1.56 bits per heavy atom. The molecule has 1 aliphatic heterocycles. The predicted molar refractivity (Wildman–Crippen MR) is 63.4 cm³/mol. The van der Waals surface area contributed by atoms with E-state index in [1.54, 1.807) is 11.3 Å². The highest BCUT2D eigenvalue weighted by Gasteiger charge is 2.32. The minimum Gasteiger partial charge on any atom is -0.381 e. The Hall–Kier alpha value is -0.490. The van der Waals surface area contributed by atoms with Gasteiger partial charge in [-0.2, -0.15) is 0 Å². The van der Waals surface area contributed by atoms with E-state index >= 15 is 0 Å². The van der Waals surface area contributed by atoms with E-state index < -0.39 is 0 Å². The molecule has 0 saturated carbocycles. The minimum atomic E-state index is -0.292. The van der Waals surface area contributed by atoms with Gasteiger partial charge in [0.2, 0.25) is 0 Å². The maximum absolute atomic E-state index is 6.35. The summed E-state index contributed by atoms with van der Waals surface area (Å²) in [5.74, 6) is 0. The van der Waals surface area contributed by atoms with E-state index in [0.717, 1.165) is 43.4 Å². The topological polar surface area (TPSA) is 57.4 Å². The predicted octanol–water partition coefficient (Wildman–Crippen LogP) is 1.64. The summed E-state index contributed by atoms with van der Waals surface area (Å²) in [6.45, 7) is 4.76. The number of rotatable bonds is 4. The molecule has 0 atom stereocenters. The Morgan fingerprint density at radius 3 is 3.00 bits per heavy atom. The Bertz CT molecular complexity index is 334. The van der Waals surface area contributed by atoms with Crippen molar-refractivity contribution in [2.75, 3.05) is 19.8 Å². The lowest BCUT2D eigenvalue weighted by atomic mass is 9.88. The highest BCUT2D eigenvalue weighted by atomic mass is 32.1. The second kappa shape index (κ2) is 5.23. The molecule has 1 saturated heterocycles. The number of nitrogens with two attached hydrogens (primary N) is 1. The molecular formula is C11H18N2O2S. The van der Waals surface area contributed by atoms with Crippen molar-refractivity contribution in [3.05, 3.63) is 16.1 Å². The van der Waals surface area contributed by atoms with Gasteiger partial charge in [0.05, 0.1) is 17.8 Å². The molecule has 1 aliphatic rings. The fraction of sp³-hybridized carbons (Fsp3) is 0.727. The zero-order valence-electron chi connectivity index (χ0n) is 9.57. The lowest BCUT2D eigenvalue weighted by Crippen LogP contribution is -2.42. The molecule has 2 N–H and O–H groups in total. The van der Waals surface area contributed by atoms with E-state index in [9.17, 15) is 0 Å². The van der Waals surface area contributed by atoms with Crippen LogP contribution in [0.4, 0.5) is 0 Å². The highest BCUT2D eigenvalue weighted by Crippen LogP contribution is 2.30. The maximum Gasteiger partial charge on any atom is 0.119 e. The van der Waals surface area contributed by atoms with Gasteiger partial charge in [0.1, 0.15) is 5.01 Å². The first-order chi connectivity index (χ1) is 7.74. The van der Waals surface area contributed by atoms with Crippen molar-refractivity contribution in [3.8, 4) is 0 Å². The molecule has 0 aromatic carbocycles. The van der Waals surface area contributed by atoms with Crippen molar-refractivity contribution >= 4 is 11.3 Å². The van der Waals surface area contributed by atoms with E-state index in [0.29, 0.717) is 6.61 Å². The molecule has 1 aromatic heterocycles. The molecule has 0 unspecified atom stereocenters. The average Bonchev–Trinajstić information content (AvgIpc) is 2.77. The number of aromatic nitrogens is 1. The summed E-state index contributed by atoms with van der Waals surface area (Å²) in [7, 11) is 0. The molecular weight excluding hydrogens is 224 g/mol. The number of hydrogen-bond donors (Lipinski definition) is 1. The van der Waals surface area contributed by atoms with Crippen LogP contribution in [0.25, 0.3) is 0 Å². The van der Waals surface area contributed by atoms with Gasteiger partial charge in [0.25, 0.3) is 0 Å². The van der Waals surface area contributed by atoms with Gasteiger partial charge < -0.3 is 15.2 Å². The van der Waals surface area contributed by atoms with Gasteiger partial charge in [-0.25, -0.2) is 4.98 Å². The highest BCUT2D eigenvalue weighted by molar-refractivity contribution is 7.09. The van der Waals surface area contributed by atoms with Gasteiger partial charge in [-0.05, 0) is 19.8 Å². The van der Waals surface area contributed by atoms with Crippen LogP contribution < -0.4 is 5.73 Å². The van der Waals surface area contributed by atoms with Gasteiger partial charge in [0, 0.05) is 25.2 Å². The van der Waals surface area contributed by atoms with Crippen LogP contribution in [0, 0.1) is 0 Å². The van der Waals surface area contributed by atoms with Crippen molar-refractivity contribution in [2.45, 2.75) is 31.9 Å². The van der Waals surface area contributed by atoms with Gasteiger partial charge in [0.15, 0.2) is 0 Å². The summed E-state index contributed by atoms with van der Waals surface area (Å²) in [5.41, 5.74) is 7.05. The van der Waals surface area contributed by atoms with Crippen LogP contribution in [-0.2, 0) is 21.6 Å². The molecule has 2 rings (SSSR count). The average molecular weight is 242 g/mol. The van der Waals surface area contributed by atoms with Crippen LogP contribution in [0.1, 0.15) is 30.5 Å². The Kier molecular flexibility index (Phi) is 3.91. The molecule has 0 aliphatic carbocycles. The Balaban J connectivity index is 2.05. The monoisotopic (exact) mass is 242 g/mol. The number of nitrogens with zero attached hydrogens (tertiary/aromatic N) is 1. The van der Waals surface area contributed by atoms with Crippen LogP contribution in [-0.4, -0.2) is 24.8 Å². The quantitative estimate of drug-likeness (QED) is 0.872. The number of ether oxygens (including phenoxy) is 2. The summed E-state index contributed by atoms with van der Waals surface area (Å²) in [6, 6.07) is 0. The lowest BCUT2D eigenvalue weighted by Gasteiger charge is -2.31. The molecule has 90 valence electrons. The zero-order chi connectivity index (χ0) is 11.4. The molecule has 1 aromatic rings. The van der Waals surface area contributed by atoms with Crippen LogP contribution in [0.5, 0.6) is 0 Å². The van der Waals surface area contributed by atoms with Gasteiger partial charge >= 0.3 is 0 Å². The van der Waals surface area contributed by atoms with E-state index in [2.05, 4.69) is 10.4 Å². The number of thiazole rings is 1. The second-order valence-electron chi connectivity index (χ2n) is 4.03. The number of hydrogen-bond acceptors (Lipinski definition) is 5. The third-order valence-corrected chi connectivity index (χ3v) is 3.70. The molecule has 5 heteroatoms. The second-order valence-corrected chi connectivity index (χ2v) is 4.97. The van der Waals surface area contributed by atoms with E-state index in [1.165, 1.54) is 0 Å². The van der Waals surface area contributed by atoms with Gasteiger partial charge in [-0.3, -0.25) is 0 Å². The smallest absolute Gasteiger partial charge is 0.119 e. The van der Waals surface area contributed by atoms with E-state index in [4.69, 9.17) is 15.2 Å². The lowest BCUT2D eigenvalue weighted by molar-refractivity contribution is 0.0508. The Morgan fingerprint density at radius 2 is 2.31 bits per heavy atom. The van der Waals surface area contributed by atoms with Crippen LogP contribution in [0.2, 0.25) is 0 Å². The standard InChI is InChI=1S/C11H18N2O2S/c1-2-14-7-10-13-9(8-16-10)11(12)3-5-15-6-4-11/h8H,2-7,12H2,1H3. The van der Waals surface area contributed by atoms with E-state index in [1.807, 2.05) is 6.92 Å². The van der Waals surface area contributed by atoms with E-state index in [-0.39, 0.29) is 5.54 Å². The van der Waals surface area contributed by atoms with Gasteiger partial charge in [-0.15, -0.1) is 11.3 Å². The first-order valence-electron chi connectivity index (χ1n) is 5.64. The van der Waals surface area contributed by atoms with Crippen LogP contribution >= 0.6 is 11.3 Å². The third-order valence-electron chi connectivity index (χ3n) is 2.88. The molecule has 16 heavy (non-hydrogen) atoms. The first kappa shape index (κ1) is 12.0. The van der Waals surface area contributed by atoms with Crippen LogP contribution in [0.3, 0.4) is 0 Å². The summed E-state index contributed by atoms with van der Waals surface area (Å²) >= 11 is 1.62. The van der Waals surface area contributed by atoms with Gasteiger partial charge in [-0.1, -0.05) is 0 Å². The molecule has 0 radical (unpaired) electrons. The SMILES string of the molecule is CCOCc1nc(C2(N)CCOCC2)cs1. The van der Waals surface area contributed by atoms with Crippen molar-refractivity contribution < 1.29 is 9.47 Å². The molecule has 4 nitrogen and oxygen atoms in total. The maximum atomic E-state index is 6.35. The molecule has 1 fully saturated rings. The summed E-state index contributed by atoms with van der Waals surface area (Å²) in [5, 5.41) is 3.06. The van der Waals surface area contributed by atoms with Crippen molar-refractivity contribution in [2.24, 2.45) is 5.73 Å². The summed E-state index contributed by atoms with van der Waals surface area (Å²) in [4.78, 5) is 4.56. The van der Waals surface area contributed by atoms with Crippen molar-refractivity contribution in [1.29, 1.82) is 0 Å². The molecule has 0 spiro atoms. The summed E-state index contributed by atoms with van der Waals surface area (Å²) < 4.78 is 10.7. The Labute approximate surface area is 99.8 Å². The summed E-state index contributed by atoms with van der Waals surface area (Å²) in [6.07, 6.45) is 1.70. The zero-order valence-corrected chi connectivity index (χ0v) is 10.4. The van der Waals surface area contributed by atoms with Crippen molar-refractivity contribution in [3.63, 3.8) is 0 Å². The molecule has 2 heterocycles. The fourth-order valence-corrected chi connectivity index (χ4v) is 2.62. The third kappa shape index (κ3) is 2.60. The van der Waals surface area contributed by atoms with Crippen molar-refractivity contribution in [1.82, 2.24) is 4.98 Å². The first-order valence-corrected chi connectivity index (χ1v) is 6.52. The fourth-order valence-electron chi connectivity index (χ4n) is 1.79. The normalized spacial score (nSPS) is 19.9. The molecule has 0 amide bonds. The largest absolute Gasteiger partial charge is 0.381 e. The minimum absolute atomic E-state index is 0.292.